The first kappa shape index (κ1) is 19.5. The summed E-state index contributed by atoms with van der Waals surface area (Å²) in [5.41, 5.74) is 2.91. The van der Waals surface area contributed by atoms with Crippen molar-refractivity contribution in [3.8, 4) is 0 Å². The number of likely N-dealkylation sites (tertiary alicyclic amines) is 2. The molecule has 1 aromatic carbocycles. The van der Waals surface area contributed by atoms with Crippen molar-refractivity contribution in [3.63, 3.8) is 0 Å². The van der Waals surface area contributed by atoms with Crippen LogP contribution in [0.15, 0.2) is 18.2 Å². The molecule has 5 nitrogen and oxygen atoms in total. The number of amides is 1. The van der Waals surface area contributed by atoms with Crippen LogP contribution in [0.3, 0.4) is 0 Å². The fourth-order valence-electron chi connectivity index (χ4n) is 6.42. The molecule has 5 rings (SSSR count). The first-order valence-electron chi connectivity index (χ1n) is 11.3. The fourth-order valence-corrected chi connectivity index (χ4v) is 6.59. The number of carbonyl (C=O) groups excluding carboxylic acids is 1. The molecule has 3 unspecified atom stereocenters. The summed E-state index contributed by atoms with van der Waals surface area (Å²) in [6.07, 6.45) is 6.96. The van der Waals surface area contributed by atoms with Gasteiger partial charge in [-0.1, -0.05) is 11.6 Å². The van der Waals surface area contributed by atoms with Gasteiger partial charge in [0.25, 0.3) is 0 Å². The summed E-state index contributed by atoms with van der Waals surface area (Å²) in [6.45, 7) is 6.52. The molecule has 1 spiro atoms. The lowest BCUT2D eigenvalue weighted by molar-refractivity contribution is 0.0634. The molecule has 4 aliphatic rings. The van der Waals surface area contributed by atoms with Gasteiger partial charge >= 0.3 is 6.09 Å². The monoisotopic (exact) mass is 417 g/mol. The van der Waals surface area contributed by atoms with Gasteiger partial charge in [-0.15, -0.1) is 0 Å². The molecule has 0 radical (unpaired) electrons. The lowest BCUT2D eigenvalue weighted by Crippen LogP contribution is -2.48. The van der Waals surface area contributed by atoms with Crippen molar-refractivity contribution in [2.24, 2.45) is 5.92 Å². The average molecular weight is 418 g/mol. The maximum absolute atomic E-state index is 12.4. The van der Waals surface area contributed by atoms with Crippen molar-refractivity contribution in [3.05, 3.63) is 28.8 Å². The lowest BCUT2D eigenvalue weighted by atomic mass is 9.74. The summed E-state index contributed by atoms with van der Waals surface area (Å²) in [6, 6.07) is 7.26. The van der Waals surface area contributed by atoms with Gasteiger partial charge in [0, 0.05) is 41.3 Å². The zero-order valence-electron chi connectivity index (χ0n) is 17.3. The normalized spacial score (nSPS) is 30.7. The van der Waals surface area contributed by atoms with Gasteiger partial charge in [-0.05, 0) is 88.2 Å². The third-order valence-electron chi connectivity index (χ3n) is 7.95. The van der Waals surface area contributed by atoms with Crippen molar-refractivity contribution in [2.45, 2.75) is 62.9 Å². The van der Waals surface area contributed by atoms with Gasteiger partial charge in [0.05, 0.1) is 6.61 Å². The van der Waals surface area contributed by atoms with Gasteiger partial charge in [-0.3, -0.25) is 0 Å². The SMILES string of the molecule is CCOC(=O)N1CCCC2CC(N3CCC4(CC3)CNc3ccc(Cl)cc34)CC21. The van der Waals surface area contributed by atoms with Crippen molar-refractivity contribution in [1.82, 2.24) is 9.80 Å². The number of hydrogen-bond donors (Lipinski definition) is 1. The maximum atomic E-state index is 12.4. The van der Waals surface area contributed by atoms with E-state index in [1.54, 1.807) is 0 Å². The second-order valence-electron chi connectivity index (χ2n) is 9.35. The summed E-state index contributed by atoms with van der Waals surface area (Å²) in [4.78, 5) is 17.1. The number of benzene rings is 1. The Kier molecular flexibility index (Phi) is 5.15. The number of carbonyl (C=O) groups is 1. The summed E-state index contributed by atoms with van der Waals surface area (Å²) in [7, 11) is 0. The molecule has 1 aromatic rings. The van der Waals surface area contributed by atoms with E-state index in [0.29, 0.717) is 24.6 Å². The standard InChI is InChI=1S/C23H32ClN3O2/c1-2-29-22(28)27-9-3-4-16-12-18(14-21(16)27)26-10-7-23(8-11-26)15-25-20-6-5-17(24)13-19(20)23/h5-6,13,16,18,21,25H,2-4,7-12,14-15H2,1H3. The van der Waals surface area contributed by atoms with Gasteiger partial charge in [-0.25, -0.2) is 4.79 Å². The van der Waals surface area contributed by atoms with Crippen LogP contribution in [0.2, 0.25) is 5.02 Å². The highest BCUT2D eigenvalue weighted by Gasteiger charge is 2.47. The average Bonchev–Trinajstić information content (AvgIpc) is 3.31. The molecule has 158 valence electrons. The van der Waals surface area contributed by atoms with E-state index in [2.05, 4.69) is 22.3 Å². The van der Waals surface area contributed by atoms with Crippen molar-refractivity contribution < 1.29 is 9.53 Å². The largest absolute Gasteiger partial charge is 0.450 e. The highest BCUT2D eigenvalue weighted by atomic mass is 35.5. The van der Waals surface area contributed by atoms with Gasteiger partial charge in [-0.2, -0.15) is 0 Å². The smallest absolute Gasteiger partial charge is 0.410 e. The number of nitrogens with one attached hydrogen (secondary N) is 1. The molecule has 3 fully saturated rings. The Balaban J connectivity index is 1.25. The zero-order chi connectivity index (χ0) is 20.0. The highest BCUT2D eigenvalue weighted by Crippen LogP contribution is 2.47. The fraction of sp³-hybridized carbons (Fsp3) is 0.696. The van der Waals surface area contributed by atoms with E-state index in [1.165, 1.54) is 36.9 Å². The Morgan fingerprint density at radius 1 is 1.28 bits per heavy atom. The molecular weight excluding hydrogens is 386 g/mol. The van der Waals surface area contributed by atoms with Crippen LogP contribution >= 0.6 is 11.6 Å². The molecule has 2 saturated heterocycles. The summed E-state index contributed by atoms with van der Waals surface area (Å²) in [5.74, 6) is 0.640. The van der Waals surface area contributed by atoms with E-state index in [4.69, 9.17) is 16.3 Å². The second kappa shape index (κ2) is 7.66. The van der Waals surface area contributed by atoms with Crippen LogP contribution in [0.25, 0.3) is 0 Å². The number of anilines is 1. The molecule has 1 saturated carbocycles. The Labute approximate surface area is 178 Å². The van der Waals surface area contributed by atoms with E-state index < -0.39 is 0 Å². The number of fused-ring (bicyclic) bond motifs is 3. The summed E-state index contributed by atoms with van der Waals surface area (Å²) >= 11 is 6.31. The van der Waals surface area contributed by atoms with Gasteiger partial charge in [0.1, 0.15) is 0 Å². The van der Waals surface area contributed by atoms with Crippen molar-refractivity contribution in [1.29, 1.82) is 0 Å². The molecular formula is C23H32ClN3O2. The highest BCUT2D eigenvalue weighted by molar-refractivity contribution is 6.30. The number of nitrogens with zero attached hydrogens (tertiary/aromatic N) is 2. The minimum absolute atomic E-state index is 0.106. The van der Waals surface area contributed by atoms with E-state index >= 15 is 0 Å². The van der Waals surface area contributed by atoms with E-state index in [1.807, 2.05) is 17.9 Å². The van der Waals surface area contributed by atoms with Crippen molar-refractivity contribution in [2.75, 3.05) is 38.1 Å². The van der Waals surface area contributed by atoms with E-state index in [-0.39, 0.29) is 11.5 Å². The molecule has 1 amide bonds. The predicted octanol–water partition coefficient (Wildman–Crippen LogP) is 4.50. The zero-order valence-corrected chi connectivity index (χ0v) is 18.1. The molecule has 0 bridgehead atoms. The molecule has 3 aliphatic heterocycles. The first-order valence-corrected chi connectivity index (χ1v) is 11.7. The lowest BCUT2D eigenvalue weighted by Gasteiger charge is -2.42. The Morgan fingerprint density at radius 3 is 2.90 bits per heavy atom. The van der Waals surface area contributed by atoms with Crippen LogP contribution in [0.5, 0.6) is 0 Å². The first-order chi connectivity index (χ1) is 14.1. The topological polar surface area (TPSA) is 44.8 Å². The molecule has 3 atom stereocenters. The van der Waals surface area contributed by atoms with E-state index in [0.717, 1.165) is 44.0 Å². The number of halogens is 1. The van der Waals surface area contributed by atoms with Crippen LogP contribution in [-0.2, 0) is 10.2 Å². The molecule has 1 aliphatic carbocycles. The van der Waals surface area contributed by atoms with Crippen molar-refractivity contribution >= 4 is 23.4 Å². The Hall–Kier alpha value is -1.46. The number of hydrogen-bond acceptors (Lipinski definition) is 4. The summed E-state index contributed by atoms with van der Waals surface area (Å²) in [5, 5.41) is 4.45. The quantitative estimate of drug-likeness (QED) is 0.769. The Bertz CT molecular complexity index is 777. The third kappa shape index (κ3) is 3.40. The molecule has 1 N–H and O–H groups in total. The third-order valence-corrected chi connectivity index (χ3v) is 8.19. The van der Waals surface area contributed by atoms with Gasteiger partial charge in [0.2, 0.25) is 0 Å². The molecule has 6 heteroatoms. The molecule has 29 heavy (non-hydrogen) atoms. The number of ether oxygens (including phenoxy) is 1. The molecule has 3 heterocycles. The minimum Gasteiger partial charge on any atom is -0.450 e. The second-order valence-corrected chi connectivity index (χ2v) is 9.78. The predicted molar refractivity (Wildman–Crippen MR) is 116 cm³/mol. The Morgan fingerprint density at radius 2 is 2.10 bits per heavy atom. The van der Waals surface area contributed by atoms with Gasteiger partial charge in [0.15, 0.2) is 0 Å². The number of rotatable bonds is 2. The van der Waals surface area contributed by atoms with Crippen LogP contribution in [0.1, 0.15) is 51.0 Å². The minimum atomic E-state index is -0.106. The van der Waals surface area contributed by atoms with Gasteiger partial charge < -0.3 is 19.9 Å². The van der Waals surface area contributed by atoms with Crippen LogP contribution < -0.4 is 5.32 Å². The number of piperidine rings is 2. The maximum Gasteiger partial charge on any atom is 0.410 e. The van der Waals surface area contributed by atoms with Crippen LogP contribution in [0.4, 0.5) is 10.5 Å². The van der Waals surface area contributed by atoms with E-state index in [9.17, 15) is 4.79 Å². The van der Waals surface area contributed by atoms with Crippen LogP contribution in [0, 0.1) is 5.92 Å². The van der Waals surface area contributed by atoms with Crippen LogP contribution in [-0.4, -0.2) is 60.8 Å². The molecule has 0 aromatic heterocycles. The summed E-state index contributed by atoms with van der Waals surface area (Å²) < 4.78 is 5.33.